The number of thiophene rings is 1. The van der Waals surface area contributed by atoms with Crippen LogP contribution in [0.4, 0.5) is 4.39 Å². The van der Waals surface area contributed by atoms with Crippen LogP contribution in [0.25, 0.3) is 10.9 Å². The Morgan fingerprint density at radius 1 is 1.29 bits per heavy atom. The van der Waals surface area contributed by atoms with Gasteiger partial charge in [0.1, 0.15) is 5.82 Å². The molecule has 3 fully saturated rings. The van der Waals surface area contributed by atoms with E-state index in [1.54, 1.807) is 23.6 Å². The van der Waals surface area contributed by atoms with Crippen molar-refractivity contribution in [2.24, 2.45) is 11.8 Å². The zero-order chi connectivity index (χ0) is 21.7. The molecule has 1 amide bonds. The average Bonchev–Trinajstić information content (AvgIpc) is 3.41. The van der Waals surface area contributed by atoms with E-state index in [9.17, 15) is 19.1 Å². The van der Waals surface area contributed by atoms with Crippen LogP contribution in [-0.4, -0.2) is 39.0 Å². The van der Waals surface area contributed by atoms with Gasteiger partial charge in [-0.3, -0.25) is 9.59 Å². The maximum absolute atomic E-state index is 14.7. The fourth-order valence-corrected chi connectivity index (χ4v) is 6.53. The number of benzene rings is 1. The Hall–Kier alpha value is -2.67. The van der Waals surface area contributed by atoms with E-state index < -0.39 is 11.9 Å². The van der Waals surface area contributed by atoms with Gasteiger partial charge in [0, 0.05) is 46.4 Å². The molecule has 3 aromatic rings. The van der Waals surface area contributed by atoms with Crippen LogP contribution in [0.5, 0.6) is 0 Å². The molecule has 5 nitrogen and oxygen atoms in total. The van der Waals surface area contributed by atoms with Crippen LogP contribution in [0.1, 0.15) is 49.0 Å². The fourth-order valence-electron chi connectivity index (χ4n) is 5.69. The standard InChI is InChI=1S/C24H25FN2O3S/c1-2-19-22(24(29)30)13-9-14(10-13)27(19)21(28)11-15(20-7-4-8-31-20)16-12-26-18-6-3-5-17(25)23(16)18/h3-8,12-15,19,22,26H,2,9-11H2,1H3,(H,29,30). The number of piperidine rings is 2. The summed E-state index contributed by atoms with van der Waals surface area (Å²) < 4.78 is 14.7. The lowest BCUT2D eigenvalue weighted by Gasteiger charge is -2.56. The molecule has 1 aliphatic carbocycles. The lowest BCUT2D eigenvalue weighted by Crippen LogP contribution is -2.65. The van der Waals surface area contributed by atoms with E-state index in [0.717, 1.165) is 23.3 Å². The van der Waals surface area contributed by atoms with Crippen LogP contribution >= 0.6 is 11.3 Å². The maximum atomic E-state index is 14.7. The number of amides is 1. The highest BCUT2D eigenvalue weighted by Crippen LogP contribution is 2.48. The third kappa shape index (κ3) is 3.26. The van der Waals surface area contributed by atoms with Crippen molar-refractivity contribution in [3.8, 4) is 0 Å². The smallest absolute Gasteiger partial charge is 0.308 e. The molecule has 2 N–H and O–H groups in total. The number of carboxylic acids is 1. The number of carbonyl (C=O) groups is 2. The van der Waals surface area contributed by atoms with Crippen LogP contribution in [0.3, 0.4) is 0 Å². The minimum absolute atomic E-state index is 0.0367. The average molecular weight is 441 g/mol. The van der Waals surface area contributed by atoms with Crippen molar-refractivity contribution in [2.45, 2.75) is 50.6 Å². The lowest BCUT2D eigenvalue weighted by atomic mass is 9.63. The number of aromatic amines is 1. The number of halogens is 1. The Labute approximate surface area is 183 Å². The number of carboxylic acid groups (broad SMARTS) is 1. The second kappa shape index (κ2) is 7.79. The van der Waals surface area contributed by atoms with E-state index in [1.807, 2.05) is 35.4 Å². The van der Waals surface area contributed by atoms with Gasteiger partial charge in [-0.25, -0.2) is 4.39 Å². The van der Waals surface area contributed by atoms with Gasteiger partial charge in [-0.2, -0.15) is 0 Å². The number of rotatable bonds is 6. The highest BCUT2D eigenvalue weighted by atomic mass is 32.1. The van der Waals surface area contributed by atoms with E-state index in [0.29, 0.717) is 17.3 Å². The van der Waals surface area contributed by atoms with Crippen LogP contribution in [0, 0.1) is 17.7 Å². The van der Waals surface area contributed by atoms with E-state index >= 15 is 0 Å². The van der Waals surface area contributed by atoms with E-state index in [2.05, 4.69) is 4.98 Å². The number of nitrogens with one attached hydrogen (secondary N) is 1. The summed E-state index contributed by atoms with van der Waals surface area (Å²) in [7, 11) is 0. The Bertz CT molecular complexity index is 1120. The molecule has 3 atom stereocenters. The second-order valence-electron chi connectivity index (χ2n) is 8.70. The van der Waals surface area contributed by atoms with Gasteiger partial charge in [0.25, 0.3) is 0 Å². The molecule has 7 heteroatoms. The summed E-state index contributed by atoms with van der Waals surface area (Å²) in [4.78, 5) is 31.6. The summed E-state index contributed by atoms with van der Waals surface area (Å²) in [5.74, 6) is -1.75. The van der Waals surface area contributed by atoms with Crippen molar-refractivity contribution >= 4 is 34.1 Å². The Kier molecular flexibility index (Phi) is 5.08. The number of aromatic nitrogens is 1. The van der Waals surface area contributed by atoms with Crippen molar-refractivity contribution in [3.05, 3.63) is 58.2 Å². The number of H-pyrrole nitrogens is 1. The molecule has 2 saturated heterocycles. The summed E-state index contributed by atoms with van der Waals surface area (Å²) in [5.41, 5.74) is 1.48. The molecule has 0 radical (unpaired) electrons. The molecule has 2 aromatic heterocycles. The first-order chi connectivity index (χ1) is 15.0. The van der Waals surface area contributed by atoms with Gasteiger partial charge in [-0.1, -0.05) is 19.1 Å². The van der Waals surface area contributed by atoms with Crippen LogP contribution < -0.4 is 0 Å². The molecule has 2 aliphatic heterocycles. The number of hydrogen-bond acceptors (Lipinski definition) is 3. The van der Waals surface area contributed by atoms with Gasteiger partial charge >= 0.3 is 5.97 Å². The summed E-state index contributed by atoms with van der Waals surface area (Å²) >= 11 is 1.55. The van der Waals surface area contributed by atoms with E-state index in [1.165, 1.54) is 6.07 Å². The quantitative estimate of drug-likeness (QED) is 0.567. The third-order valence-electron chi connectivity index (χ3n) is 7.14. The normalized spacial score (nSPS) is 25.9. The van der Waals surface area contributed by atoms with Crippen LogP contribution in [0.2, 0.25) is 0 Å². The van der Waals surface area contributed by atoms with Crippen molar-refractivity contribution in [1.29, 1.82) is 0 Å². The summed E-state index contributed by atoms with van der Waals surface area (Å²) in [5, 5.41) is 12.3. The minimum Gasteiger partial charge on any atom is -0.481 e. The van der Waals surface area contributed by atoms with Gasteiger partial charge in [0.15, 0.2) is 0 Å². The molecule has 1 aromatic carbocycles. The molecule has 162 valence electrons. The van der Waals surface area contributed by atoms with Crippen molar-refractivity contribution in [3.63, 3.8) is 0 Å². The molecule has 4 heterocycles. The highest BCUT2D eigenvalue weighted by molar-refractivity contribution is 7.10. The highest BCUT2D eigenvalue weighted by Gasteiger charge is 2.54. The largest absolute Gasteiger partial charge is 0.481 e. The molecule has 3 aliphatic rings. The molecular formula is C24H25FN2O3S. The number of fused-ring (bicyclic) bond motifs is 3. The molecule has 0 spiro atoms. The topological polar surface area (TPSA) is 73.4 Å². The number of hydrogen-bond donors (Lipinski definition) is 2. The first kappa shape index (κ1) is 20.2. The molecule has 31 heavy (non-hydrogen) atoms. The summed E-state index contributed by atoms with van der Waals surface area (Å²) in [6, 6.07) is 8.72. The molecule has 1 saturated carbocycles. The van der Waals surface area contributed by atoms with E-state index in [-0.39, 0.29) is 42.1 Å². The predicted octanol–water partition coefficient (Wildman–Crippen LogP) is 4.99. The lowest BCUT2D eigenvalue weighted by molar-refractivity contribution is -0.169. The monoisotopic (exact) mass is 440 g/mol. The van der Waals surface area contributed by atoms with Gasteiger partial charge < -0.3 is 15.0 Å². The van der Waals surface area contributed by atoms with Gasteiger partial charge in [0.2, 0.25) is 5.91 Å². The van der Waals surface area contributed by atoms with Gasteiger partial charge in [0.05, 0.1) is 5.92 Å². The van der Waals surface area contributed by atoms with Gasteiger partial charge in [-0.15, -0.1) is 11.3 Å². The molecule has 3 unspecified atom stereocenters. The fraction of sp³-hybridized carbons (Fsp3) is 0.417. The van der Waals surface area contributed by atoms with Crippen LogP contribution in [-0.2, 0) is 9.59 Å². The number of aliphatic carboxylic acids is 1. The van der Waals surface area contributed by atoms with Crippen molar-refractivity contribution in [2.75, 3.05) is 0 Å². The molecular weight excluding hydrogens is 415 g/mol. The van der Waals surface area contributed by atoms with Crippen LogP contribution in [0.15, 0.2) is 41.9 Å². The minimum atomic E-state index is -0.804. The number of nitrogens with zero attached hydrogens (tertiary/aromatic N) is 1. The zero-order valence-corrected chi connectivity index (χ0v) is 18.1. The molecule has 6 rings (SSSR count). The maximum Gasteiger partial charge on any atom is 0.308 e. The predicted molar refractivity (Wildman–Crippen MR) is 118 cm³/mol. The molecule has 2 bridgehead atoms. The van der Waals surface area contributed by atoms with Crippen molar-refractivity contribution < 1.29 is 19.1 Å². The summed E-state index contributed by atoms with van der Waals surface area (Å²) in [6.45, 7) is 1.96. The first-order valence-electron chi connectivity index (χ1n) is 10.8. The van der Waals surface area contributed by atoms with Gasteiger partial charge in [-0.05, 0) is 54.3 Å². The third-order valence-corrected chi connectivity index (χ3v) is 8.13. The van der Waals surface area contributed by atoms with Crippen molar-refractivity contribution in [1.82, 2.24) is 9.88 Å². The second-order valence-corrected chi connectivity index (χ2v) is 9.68. The first-order valence-corrected chi connectivity index (χ1v) is 11.7. The number of carbonyl (C=O) groups excluding carboxylic acids is 1. The summed E-state index contributed by atoms with van der Waals surface area (Å²) in [6.07, 6.45) is 4.17. The Morgan fingerprint density at radius 3 is 2.77 bits per heavy atom. The van der Waals surface area contributed by atoms with E-state index in [4.69, 9.17) is 0 Å². The zero-order valence-electron chi connectivity index (χ0n) is 17.3. The SMILES string of the molecule is CCC1C(C(=O)O)C2CC(C2)N1C(=O)CC(c1cccs1)c1c[nH]c2cccc(F)c12. The Morgan fingerprint density at radius 2 is 2.10 bits per heavy atom. The Balaban J connectivity index is 1.50.